The van der Waals surface area contributed by atoms with Crippen LogP contribution < -0.4 is 10.5 Å². The summed E-state index contributed by atoms with van der Waals surface area (Å²) in [7, 11) is 1.64. The van der Waals surface area contributed by atoms with Crippen molar-refractivity contribution >= 4 is 5.69 Å². The lowest BCUT2D eigenvalue weighted by Gasteiger charge is -2.09. The summed E-state index contributed by atoms with van der Waals surface area (Å²) >= 11 is 0. The first-order valence-corrected chi connectivity index (χ1v) is 4.82. The molecule has 0 aliphatic rings. The van der Waals surface area contributed by atoms with Gasteiger partial charge in [-0.25, -0.2) is 0 Å². The molecule has 0 aliphatic carbocycles. The summed E-state index contributed by atoms with van der Waals surface area (Å²) in [6, 6.07) is 5.89. The zero-order valence-electron chi connectivity index (χ0n) is 8.62. The van der Waals surface area contributed by atoms with Crippen LogP contribution in [0.1, 0.15) is 18.4 Å². The molecule has 0 saturated heterocycles. The van der Waals surface area contributed by atoms with E-state index in [-0.39, 0.29) is 0 Å². The Bertz CT molecular complexity index is 307. The number of rotatable bonds is 5. The molecule has 0 unspecified atom stereocenters. The fraction of sp³-hybridized carbons (Fsp3) is 0.333. The Morgan fingerprint density at radius 1 is 1.50 bits per heavy atom. The Kier molecular flexibility index (Phi) is 4.05. The van der Waals surface area contributed by atoms with Crippen molar-refractivity contribution in [1.29, 1.82) is 0 Å². The van der Waals surface area contributed by atoms with Gasteiger partial charge in [0, 0.05) is 0 Å². The number of aryl methyl sites for hydroxylation is 1. The minimum atomic E-state index is 0.763. The maximum absolute atomic E-state index is 5.93. The third-order valence-corrected chi connectivity index (χ3v) is 2.23. The summed E-state index contributed by atoms with van der Waals surface area (Å²) in [6.45, 7) is 3.69. The van der Waals surface area contributed by atoms with E-state index < -0.39 is 0 Å². The lowest BCUT2D eigenvalue weighted by Crippen LogP contribution is -1.98. The lowest BCUT2D eigenvalue weighted by atomic mass is 10.1. The van der Waals surface area contributed by atoms with Crippen molar-refractivity contribution in [2.24, 2.45) is 0 Å². The molecule has 76 valence electrons. The number of benzene rings is 1. The van der Waals surface area contributed by atoms with Crippen LogP contribution >= 0.6 is 0 Å². The minimum Gasteiger partial charge on any atom is -0.495 e. The molecule has 0 heterocycles. The molecule has 1 aromatic rings. The fourth-order valence-corrected chi connectivity index (χ4v) is 1.42. The molecule has 0 radical (unpaired) electrons. The third-order valence-electron chi connectivity index (χ3n) is 2.23. The number of para-hydroxylation sites is 1. The van der Waals surface area contributed by atoms with Crippen LogP contribution in [0.15, 0.2) is 30.9 Å². The predicted octanol–water partition coefficient (Wildman–Crippen LogP) is 2.79. The van der Waals surface area contributed by atoms with Gasteiger partial charge < -0.3 is 10.5 Å². The maximum Gasteiger partial charge on any atom is 0.142 e. The highest BCUT2D eigenvalue weighted by atomic mass is 16.5. The van der Waals surface area contributed by atoms with E-state index in [0.717, 1.165) is 36.3 Å². The average Bonchev–Trinajstić information content (AvgIpc) is 2.21. The Morgan fingerprint density at radius 3 is 2.93 bits per heavy atom. The van der Waals surface area contributed by atoms with Crippen LogP contribution in [0, 0.1) is 0 Å². The summed E-state index contributed by atoms with van der Waals surface area (Å²) in [5, 5.41) is 0. The van der Waals surface area contributed by atoms with Crippen molar-refractivity contribution < 1.29 is 4.74 Å². The van der Waals surface area contributed by atoms with E-state index in [1.165, 1.54) is 0 Å². The van der Waals surface area contributed by atoms with Gasteiger partial charge in [0.2, 0.25) is 0 Å². The Hall–Kier alpha value is -1.44. The van der Waals surface area contributed by atoms with Crippen LogP contribution in [0.2, 0.25) is 0 Å². The summed E-state index contributed by atoms with van der Waals surface area (Å²) in [5.41, 5.74) is 7.85. The second kappa shape index (κ2) is 5.32. The lowest BCUT2D eigenvalue weighted by molar-refractivity contribution is 0.416. The molecule has 0 fully saturated rings. The molecule has 0 atom stereocenters. The molecular weight excluding hydrogens is 174 g/mol. The Labute approximate surface area is 85.4 Å². The molecule has 0 amide bonds. The van der Waals surface area contributed by atoms with E-state index in [4.69, 9.17) is 10.5 Å². The van der Waals surface area contributed by atoms with Crippen molar-refractivity contribution in [1.82, 2.24) is 0 Å². The molecule has 2 nitrogen and oxygen atoms in total. The first-order chi connectivity index (χ1) is 6.79. The number of hydrogen-bond donors (Lipinski definition) is 1. The zero-order valence-corrected chi connectivity index (χ0v) is 8.62. The molecule has 0 saturated carbocycles. The van der Waals surface area contributed by atoms with E-state index in [9.17, 15) is 0 Å². The molecule has 0 aromatic heterocycles. The summed E-state index contributed by atoms with van der Waals surface area (Å²) < 4.78 is 5.15. The van der Waals surface area contributed by atoms with E-state index in [1.807, 2.05) is 24.3 Å². The summed E-state index contributed by atoms with van der Waals surface area (Å²) in [4.78, 5) is 0. The summed E-state index contributed by atoms with van der Waals surface area (Å²) in [5.74, 6) is 0.765. The van der Waals surface area contributed by atoms with E-state index in [2.05, 4.69) is 6.58 Å². The topological polar surface area (TPSA) is 35.2 Å². The quantitative estimate of drug-likeness (QED) is 0.441. The molecule has 1 rings (SSSR count). The average molecular weight is 191 g/mol. The number of anilines is 1. The number of ether oxygens (including phenoxy) is 1. The first kappa shape index (κ1) is 10.6. The van der Waals surface area contributed by atoms with Gasteiger partial charge in [-0.15, -0.1) is 6.58 Å². The highest BCUT2D eigenvalue weighted by molar-refractivity contribution is 5.58. The van der Waals surface area contributed by atoms with Crippen LogP contribution in [-0.4, -0.2) is 7.11 Å². The number of hydrogen-bond acceptors (Lipinski definition) is 2. The van der Waals surface area contributed by atoms with Crippen molar-refractivity contribution in [3.8, 4) is 5.75 Å². The van der Waals surface area contributed by atoms with Crippen LogP contribution in [0.4, 0.5) is 5.69 Å². The number of methoxy groups -OCH3 is 1. The number of allylic oxidation sites excluding steroid dienone is 1. The van der Waals surface area contributed by atoms with E-state index >= 15 is 0 Å². The second-order valence-corrected chi connectivity index (χ2v) is 3.21. The second-order valence-electron chi connectivity index (χ2n) is 3.21. The number of unbranched alkanes of at least 4 members (excludes halogenated alkanes) is 1. The predicted molar refractivity (Wildman–Crippen MR) is 60.5 cm³/mol. The molecule has 1 aromatic carbocycles. The van der Waals surface area contributed by atoms with Crippen molar-refractivity contribution in [3.05, 3.63) is 36.4 Å². The Morgan fingerprint density at radius 2 is 2.29 bits per heavy atom. The molecule has 0 bridgehead atoms. The molecule has 2 heteroatoms. The van der Waals surface area contributed by atoms with Crippen LogP contribution in [0.25, 0.3) is 0 Å². The number of nitrogens with two attached hydrogens (primary N) is 1. The molecule has 14 heavy (non-hydrogen) atoms. The van der Waals surface area contributed by atoms with Crippen LogP contribution in [0.5, 0.6) is 5.75 Å². The number of nitrogen functional groups attached to an aromatic ring is 1. The molecule has 0 spiro atoms. The highest BCUT2D eigenvalue weighted by Gasteiger charge is 2.03. The normalized spacial score (nSPS) is 9.79. The largest absolute Gasteiger partial charge is 0.495 e. The fourth-order valence-electron chi connectivity index (χ4n) is 1.42. The molecular formula is C12H17NO. The first-order valence-electron chi connectivity index (χ1n) is 4.82. The van der Waals surface area contributed by atoms with Crippen LogP contribution in [-0.2, 0) is 6.42 Å². The Balaban J connectivity index is 2.71. The van der Waals surface area contributed by atoms with Crippen molar-refractivity contribution in [3.63, 3.8) is 0 Å². The van der Waals surface area contributed by atoms with E-state index in [1.54, 1.807) is 7.11 Å². The van der Waals surface area contributed by atoms with E-state index in [0.29, 0.717) is 0 Å². The van der Waals surface area contributed by atoms with Crippen molar-refractivity contribution in [2.75, 3.05) is 12.8 Å². The molecule has 2 N–H and O–H groups in total. The van der Waals surface area contributed by atoms with Gasteiger partial charge in [0.25, 0.3) is 0 Å². The third kappa shape index (κ3) is 2.52. The van der Waals surface area contributed by atoms with Gasteiger partial charge in [-0.05, 0) is 30.9 Å². The zero-order chi connectivity index (χ0) is 10.4. The van der Waals surface area contributed by atoms with Gasteiger partial charge in [-0.3, -0.25) is 0 Å². The maximum atomic E-state index is 5.93. The van der Waals surface area contributed by atoms with Gasteiger partial charge in [-0.1, -0.05) is 18.2 Å². The standard InChI is InChI=1S/C12H17NO/c1-3-4-5-7-10-8-6-9-11(14-2)12(10)13/h3,6,8-9H,1,4-5,7,13H2,2H3. The minimum absolute atomic E-state index is 0.763. The van der Waals surface area contributed by atoms with Gasteiger partial charge in [0.1, 0.15) is 5.75 Å². The van der Waals surface area contributed by atoms with Gasteiger partial charge in [-0.2, -0.15) is 0 Å². The van der Waals surface area contributed by atoms with Gasteiger partial charge in [0.05, 0.1) is 12.8 Å². The van der Waals surface area contributed by atoms with Crippen molar-refractivity contribution in [2.45, 2.75) is 19.3 Å². The highest BCUT2D eigenvalue weighted by Crippen LogP contribution is 2.25. The SMILES string of the molecule is C=CCCCc1cccc(OC)c1N. The summed E-state index contributed by atoms with van der Waals surface area (Å²) in [6.07, 6.45) is 5.02. The van der Waals surface area contributed by atoms with Crippen LogP contribution in [0.3, 0.4) is 0 Å². The smallest absolute Gasteiger partial charge is 0.142 e. The van der Waals surface area contributed by atoms with Gasteiger partial charge in [0.15, 0.2) is 0 Å². The van der Waals surface area contributed by atoms with Gasteiger partial charge >= 0.3 is 0 Å². The molecule has 0 aliphatic heterocycles. The monoisotopic (exact) mass is 191 g/mol.